The van der Waals surface area contributed by atoms with Gasteiger partial charge in [0.25, 0.3) is 0 Å². The summed E-state index contributed by atoms with van der Waals surface area (Å²) in [6.07, 6.45) is 1.86. The lowest BCUT2D eigenvalue weighted by atomic mass is 9.81. The predicted molar refractivity (Wildman–Crippen MR) is 111 cm³/mol. The van der Waals surface area contributed by atoms with Crippen molar-refractivity contribution in [3.05, 3.63) is 0 Å². The van der Waals surface area contributed by atoms with Crippen molar-refractivity contribution in [2.45, 2.75) is 77.9 Å². The van der Waals surface area contributed by atoms with E-state index in [9.17, 15) is 24.0 Å². The number of carbonyl (C=O) groups excluding carboxylic acids is 5. The van der Waals surface area contributed by atoms with Crippen molar-refractivity contribution >= 4 is 29.4 Å². The van der Waals surface area contributed by atoms with Crippen LogP contribution in [-0.2, 0) is 24.0 Å². The fourth-order valence-corrected chi connectivity index (χ4v) is 3.36. The molecule has 1 fully saturated rings. The molecule has 30 heavy (non-hydrogen) atoms. The van der Waals surface area contributed by atoms with Gasteiger partial charge in [-0.15, -0.1) is 0 Å². The second kappa shape index (κ2) is 11.1. The summed E-state index contributed by atoms with van der Waals surface area (Å²) >= 11 is 0. The number of amides is 4. The zero-order valence-electron chi connectivity index (χ0n) is 18.3. The van der Waals surface area contributed by atoms with Crippen LogP contribution in [0.15, 0.2) is 0 Å². The number of hydrogen-bond donors (Lipinski definition) is 4. The van der Waals surface area contributed by atoms with Crippen LogP contribution in [0.3, 0.4) is 0 Å². The minimum atomic E-state index is -1.04. The summed E-state index contributed by atoms with van der Waals surface area (Å²) in [4.78, 5) is 62.6. The number of likely N-dealkylation sites (tertiary alicyclic amines) is 1. The highest BCUT2D eigenvalue weighted by Gasteiger charge is 2.41. The van der Waals surface area contributed by atoms with Crippen molar-refractivity contribution in [1.82, 2.24) is 15.5 Å². The average molecular weight is 426 g/mol. The Labute approximate surface area is 177 Å². The first-order chi connectivity index (χ1) is 13.9. The maximum Gasteiger partial charge on any atom is 0.245 e. The van der Waals surface area contributed by atoms with E-state index in [0.29, 0.717) is 19.4 Å². The average Bonchev–Trinajstić information content (AvgIpc) is 3.18. The van der Waals surface area contributed by atoms with Crippen LogP contribution in [0, 0.1) is 5.41 Å². The third kappa shape index (κ3) is 6.79. The summed E-state index contributed by atoms with van der Waals surface area (Å²) in [6, 6.07) is -2.45. The van der Waals surface area contributed by atoms with E-state index < -0.39 is 41.3 Å². The summed E-state index contributed by atoms with van der Waals surface area (Å²) in [5.41, 5.74) is 9.86. The third-order valence-corrected chi connectivity index (χ3v) is 5.64. The first-order valence-electron chi connectivity index (χ1n) is 10.4. The smallest absolute Gasteiger partial charge is 0.245 e. The number of rotatable bonds is 11. The third-order valence-electron chi connectivity index (χ3n) is 5.64. The molecule has 1 aliphatic rings. The van der Waals surface area contributed by atoms with E-state index in [1.54, 1.807) is 0 Å². The maximum absolute atomic E-state index is 13.0. The number of carbonyl (C=O) groups is 5. The second-order valence-electron chi connectivity index (χ2n) is 8.35. The van der Waals surface area contributed by atoms with Crippen molar-refractivity contribution in [3.63, 3.8) is 0 Å². The van der Waals surface area contributed by atoms with Gasteiger partial charge in [-0.05, 0) is 32.6 Å². The Morgan fingerprint density at radius 3 is 2.33 bits per heavy atom. The van der Waals surface area contributed by atoms with Crippen LogP contribution in [0.2, 0.25) is 0 Å². The molecule has 3 atom stereocenters. The zero-order chi connectivity index (χ0) is 23.1. The molecule has 0 radical (unpaired) electrons. The molecule has 10 heteroatoms. The molecule has 6 N–H and O–H groups in total. The largest absolute Gasteiger partial charge is 0.370 e. The molecule has 1 aliphatic heterocycles. The Kier molecular flexibility index (Phi) is 9.41. The van der Waals surface area contributed by atoms with E-state index in [1.807, 2.05) is 20.8 Å². The number of nitrogens with two attached hydrogens (primary N) is 2. The van der Waals surface area contributed by atoms with E-state index in [0.717, 1.165) is 6.42 Å². The van der Waals surface area contributed by atoms with Gasteiger partial charge in [0.15, 0.2) is 5.78 Å². The van der Waals surface area contributed by atoms with Crippen LogP contribution in [0.5, 0.6) is 0 Å². The van der Waals surface area contributed by atoms with Gasteiger partial charge in [0.05, 0.1) is 12.6 Å². The van der Waals surface area contributed by atoms with Crippen molar-refractivity contribution < 1.29 is 24.0 Å². The van der Waals surface area contributed by atoms with Gasteiger partial charge in [0, 0.05) is 18.4 Å². The Morgan fingerprint density at radius 2 is 1.80 bits per heavy atom. The molecule has 1 unspecified atom stereocenters. The Morgan fingerprint density at radius 1 is 1.17 bits per heavy atom. The molecule has 0 bridgehead atoms. The molecule has 10 nitrogen and oxygen atoms in total. The molecular formula is C20H35N5O5. The molecule has 0 spiro atoms. The van der Waals surface area contributed by atoms with Gasteiger partial charge in [-0.2, -0.15) is 0 Å². The van der Waals surface area contributed by atoms with E-state index in [2.05, 4.69) is 10.6 Å². The number of nitrogens with zero attached hydrogens (tertiary/aromatic N) is 1. The van der Waals surface area contributed by atoms with Gasteiger partial charge in [-0.25, -0.2) is 0 Å². The second-order valence-corrected chi connectivity index (χ2v) is 8.35. The fraction of sp³-hybridized carbons (Fsp3) is 0.750. The number of ketones is 1. The Hall–Kier alpha value is -2.49. The van der Waals surface area contributed by atoms with Crippen molar-refractivity contribution in [2.24, 2.45) is 16.9 Å². The van der Waals surface area contributed by atoms with Crippen molar-refractivity contribution in [3.8, 4) is 0 Å². The molecule has 1 rings (SSSR count). The molecular weight excluding hydrogens is 390 g/mol. The maximum atomic E-state index is 13.0. The van der Waals surface area contributed by atoms with E-state index in [1.165, 1.54) is 11.8 Å². The van der Waals surface area contributed by atoms with Gasteiger partial charge in [0.1, 0.15) is 12.1 Å². The number of primary amides is 1. The molecule has 4 amide bonds. The summed E-state index contributed by atoms with van der Waals surface area (Å²) in [6.45, 7) is 7.32. The van der Waals surface area contributed by atoms with Crippen LogP contribution in [-0.4, -0.2) is 65.5 Å². The van der Waals surface area contributed by atoms with Crippen LogP contribution in [0.4, 0.5) is 0 Å². The lowest BCUT2D eigenvalue weighted by Crippen LogP contribution is -2.56. The number of Topliss-reactive ketones (excluding diaryl/α,β-unsaturated/α-hetero) is 1. The molecule has 0 aromatic rings. The fourth-order valence-electron chi connectivity index (χ4n) is 3.36. The Bertz CT molecular complexity index is 678. The summed E-state index contributed by atoms with van der Waals surface area (Å²) < 4.78 is 0. The lowest BCUT2D eigenvalue weighted by Gasteiger charge is -2.32. The monoisotopic (exact) mass is 425 g/mol. The van der Waals surface area contributed by atoms with Gasteiger partial charge in [-0.3, -0.25) is 24.0 Å². The van der Waals surface area contributed by atoms with Gasteiger partial charge >= 0.3 is 0 Å². The summed E-state index contributed by atoms with van der Waals surface area (Å²) in [5, 5.41) is 5.00. The molecule has 0 aromatic carbocycles. The molecule has 0 aliphatic carbocycles. The van der Waals surface area contributed by atoms with E-state index in [-0.39, 0.29) is 31.1 Å². The normalized spacial score (nSPS) is 18.4. The SMILES string of the molecule is CCC(C)(C)C(=O)[C@@H]1CCCN1C(=O)C(C)NC(=O)[C@H](CCC(N)=O)NC(=O)CN. The highest BCUT2D eigenvalue weighted by molar-refractivity contribution is 5.96. The van der Waals surface area contributed by atoms with Crippen LogP contribution in [0.1, 0.15) is 59.8 Å². The van der Waals surface area contributed by atoms with Crippen molar-refractivity contribution in [2.75, 3.05) is 13.1 Å². The lowest BCUT2D eigenvalue weighted by molar-refractivity contribution is -0.143. The number of hydrogen-bond acceptors (Lipinski definition) is 6. The molecule has 170 valence electrons. The van der Waals surface area contributed by atoms with E-state index in [4.69, 9.17) is 11.5 Å². The minimum Gasteiger partial charge on any atom is -0.370 e. The first kappa shape index (κ1) is 25.5. The molecule has 1 heterocycles. The molecule has 1 saturated heterocycles. The summed E-state index contributed by atoms with van der Waals surface area (Å²) in [7, 11) is 0. The first-order valence-corrected chi connectivity index (χ1v) is 10.4. The topological polar surface area (TPSA) is 165 Å². The minimum absolute atomic E-state index is 0.0106. The van der Waals surface area contributed by atoms with E-state index >= 15 is 0 Å². The van der Waals surface area contributed by atoms with Gasteiger partial charge < -0.3 is 27.0 Å². The quantitative estimate of drug-likeness (QED) is 0.338. The highest BCUT2D eigenvalue weighted by atomic mass is 16.2. The van der Waals surface area contributed by atoms with Crippen molar-refractivity contribution in [1.29, 1.82) is 0 Å². The molecule has 0 aromatic heterocycles. The van der Waals surface area contributed by atoms with Crippen LogP contribution in [0.25, 0.3) is 0 Å². The summed E-state index contributed by atoms with van der Waals surface area (Å²) in [5.74, 6) is -2.13. The zero-order valence-corrected chi connectivity index (χ0v) is 18.3. The number of nitrogens with one attached hydrogen (secondary N) is 2. The van der Waals surface area contributed by atoms with Crippen LogP contribution < -0.4 is 22.1 Å². The predicted octanol–water partition coefficient (Wildman–Crippen LogP) is -0.804. The van der Waals surface area contributed by atoms with Crippen LogP contribution >= 0.6 is 0 Å². The Balaban J connectivity index is 2.84. The van der Waals surface area contributed by atoms with Gasteiger partial charge in [0.2, 0.25) is 23.6 Å². The van der Waals surface area contributed by atoms with Gasteiger partial charge in [-0.1, -0.05) is 20.8 Å². The standard InChI is InChI=1S/C20H35N5O5/c1-5-20(3,4)17(28)14-7-6-10-25(14)19(30)12(2)23-18(29)13(8-9-15(22)26)24-16(27)11-21/h12-14H,5-11,21H2,1-4H3,(H2,22,26)(H,23,29)(H,24,27)/t12?,13-,14-/m0/s1. The molecule has 0 saturated carbocycles. The highest BCUT2D eigenvalue weighted by Crippen LogP contribution is 2.30.